The van der Waals surface area contributed by atoms with E-state index in [0.717, 1.165) is 123 Å². The number of aryl methyl sites for hydroxylation is 2. The Labute approximate surface area is 597 Å². The van der Waals surface area contributed by atoms with Crippen LogP contribution in [0.1, 0.15) is 200 Å². The van der Waals surface area contributed by atoms with Gasteiger partial charge >= 0.3 is 0 Å². The van der Waals surface area contributed by atoms with Crippen molar-refractivity contribution in [3.8, 4) is 44.5 Å². The van der Waals surface area contributed by atoms with Crippen LogP contribution in [-0.2, 0) is 45.6 Å². The molecule has 498 valence electrons. The maximum atomic E-state index is 6.09. The van der Waals surface area contributed by atoms with Gasteiger partial charge in [0.05, 0.1) is 22.8 Å². The van der Waals surface area contributed by atoms with E-state index in [2.05, 4.69) is 359 Å². The lowest BCUT2D eigenvalue weighted by molar-refractivity contribution is 0.568. The van der Waals surface area contributed by atoms with Gasteiger partial charge in [-0.15, -0.1) is 0 Å². The third kappa shape index (κ3) is 12.1. The molecule has 0 unspecified atom stereocenters. The average Bonchev–Trinajstić information content (AvgIpc) is 1.58. The average molecular weight is 1420 g/mol. The monoisotopic (exact) mass is 1420 g/mol. The van der Waals surface area contributed by atoms with Crippen molar-refractivity contribution >= 4 is 121 Å². The highest BCUT2D eigenvalue weighted by Crippen LogP contribution is 2.47. The lowest BCUT2D eigenvalue weighted by Gasteiger charge is -2.26. The molecule has 0 amide bonds. The predicted molar refractivity (Wildman–Crippen MR) is 430 cm³/mol. The molecule has 2 N–H and O–H groups in total. The van der Waals surface area contributed by atoms with Gasteiger partial charge in [-0.05, 0) is 211 Å². The van der Waals surface area contributed by atoms with Crippen molar-refractivity contribution in [2.24, 2.45) is 0 Å². The van der Waals surface area contributed by atoms with E-state index in [0.29, 0.717) is 0 Å². The summed E-state index contributed by atoms with van der Waals surface area (Å²) in [7, 11) is 0. The summed E-state index contributed by atoms with van der Waals surface area (Å²) in [4.78, 5) is 20.6. The van der Waals surface area contributed by atoms with Gasteiger partial charge in [-0.1, -0.05) is 223 Å². The Kier molecular flexibility index (Phi) is 16.2. The summed E-state index contributed by atoms with van der Waals surface area (Å²) in [5, 5.41) is 4.83. The van der Waals surface area contributed by atoms with Crippen LogP contribution < -0.4 is 0 Å². The molecular weight excluding hydrogens is 1320 g/mol. The second kappa shape index (κ2) is 23.7. The van der Waals surface area contributed by atoms with E-state index in [-0.39, 0.29) is 32.5 Å². The number of hydrogen-bond acceptors (Lipinski definition) is 2. The minimum Gasteiger partial charge on any atom is -0.354 e. The number of fused-ring (bicyclic) bond motifs is 14. The number of hydrogen-bond donors (Lipinski definition) is 2. The maximum Gasteiger partial charge on any atom is 0.0743 e. The van der Waals surface area contributed by atoms with Gasteiger partial charge in [0.2, 0.25) is 0 Å². The Morgan fingerprint density at radius 3 is 1.07 bits per heavy atom. The molecule has 5 aromatic heterocycles. The lowest BCUT2D eigenvalue weighted by Crippen LogP contribution is -2.16. The minimum absolute atomic E-state index is 0.143. The van der Waals surface area contributed by atoms with Crippen LogP contribution >= 0.6 is 31.9 Å². The predicted octanol–water partition coefficient (Wildman–Crippen LogP) is 26.3. The van der Waals surface area contributed by atoms with Crippen LogP contribution in [0.3, 0.4) is 0 Å². The molecule has 0 spiro atoms. The normalized spacial score (nSPS) is 13.5. The lowest BCUT2D eigenvalue weighted by atomic mass is 9.78. The van der Waals surface area contributed by atoms with Gasteiger partial charge < -0.3 is 19.1 Å². The van der Waals surface area contributed by atoms with Gasteiger partial charge in [-0.3, -0.25) is 0 Å². The third-order valence-electron chi connectivity index (χ3n) is 20.6. The van der Waals surface area contributed by atoms with Gasteiger partial charge in [-0.25, -0.2) is 9.97 Å². The van der Waals surface area contributed by atoms with Crippen LogP contribution in [0, 0.1) is 0 Å². The number of H-pyrrole nitrogens is 2. The molecule has 98 heavy (non-hydrogen) atoms. The standard InChI is InChI=1S/C90H94Br2N6/c1-21-97-78-31-23-51(41-66(78)68-46-62(91)25-33-80(68)97)64-48-76-83(54-37-58(87(9,10)11)44-59(38-54)88(12,13)14)72-29-27-70(93-72)82(53-35-56(85(3,4)5)43-57(36-53)86(6,7)8)71-28-30-73(94-71)84(55-39-60(89(15,16)17)45-61(40-55)90(18,19)20)77-49-65(75(96-77)50-74(64)95-76)52-24-32-79-67(42-52)69-47-63(92)26-34-81(69)98(79)22-2/h23-50,93,96H,21-22H2,1-20H3. The van der Waals surface area contributed by atoms with Gasteiger partial charge in [0.25, 0.3) is 0 Å². The Hall–Kier alpha value is -8.30. The molecule has 12 aromatic rings. The van der Waals surface area contributed by atoms with Gasteiger partial charge in [0.1, 0.15) is 0 Å². The molecule has 0 saturated heterocycles. The number of benzene rings is 7. The quantitative estimate of drug-likeness (QED) is 0.167. The van der Waals surface area contributed by atoms with Crippen LogP contribution in [0.15, 0.2) is 161 Å². The summed E-state index contributed by atoms with van der Waals surface area (Å²) < 4.78 is 6.99. The second-order valence-electron chi connectivity index (χ2n) is 33.9. The van der Waals surface area contributed by atoms with E-state index < -0.39 is 0 Å². The number of aromatic nitrogens is 6. The largest absolute Gasteiger partial charge is 0.354 e. The van der Waals surface area contributed by atoms with Gasteiger partial charge in [0.15, 0.2) is 0 Å². The fourth-order valence-corrected chi connectivity index (χ4v) is 15.5. The SMILES string of the molecule is CCn1c2ccc(Br)cc2c2cc(C3=Cc4nc3cc3[nH]c(cc3-c3ccc5c(c3)c3cc(Br)ccc3n5CC)c(-c3cc(C(C)(C)C)cc(C(C)(C)C)c3)c3nc(c(-c5cc(C(C)(C)C)cc(C(C)(C)C)c5)c5ccc([nH]5)c4-c4cc(C(C)(C)C)cc(C(C)(C)C)c4)C=C3)ccc21. The Balaban J connectivity index is 1.22. The first-order chi connectivity index (χ1) is 46.0. The number of nitrogens with zero attached hydrogens (tertiary/aromatic N) is 4. The molecule has 2 aliphatic rings. The van der Waals surface area contributed by atoms with Crippen molar-refractivity contribution in [2.45, 2.75) is 184 Å². The number of aromatic amines is 2. The van der Waals surface area contributed by atoms with Crippen molar-refractivity contribution < 1.29 is 0 Å². The van der Waals surface area contributed by atoms with Crippen molar-refractivity contribution in [3.05, 3.63) is 222 Å². The molecule has 7 aromatic carbocycles. The third-order valence-corrected chi connectivity index (χ3v) is 21.6. The van der Waals surface area contributed by atoms with Gasteiger partial charge in [-0.2, -0.15) is 0 Å². The highest BCUT2D eigenvalue weighted by Gasteiger charge is 2.30. The smallest absolute Gasteiger partial charge is 0.0743 e. The van der Waals surface area contributed by atoms with Crippen molar-refractivity contribution in [2.75, 3.05) is 0 Å². The van der Waals surface area contributed by atoms with Crippen LogP contribution in [0.4, 0.5) is 0 Å². The first kappa shape index (κ1) is 66.9. The summed E-state index contributed by atoms with van der Waals surface area (Å²) in [6.07, 6.45) is 6.92. The summed E-state index contributed by atoms with van der Waals surface area (Å²) >= 11 is 7.76. The fraction of sp³-hybridized carbons (Fsp3) is 0.311. The maximum absolute atomic E-state index is 6.09. The van der Waals surface area contributed by atoms with Crippen molar-refractivity contribution in [3.63, 3.8) is 0 Å². The molecule has 8 bridgehead atoms. The summed E-state index contributed by atoms with van der Waals surface area (Å²) in [6, 6.07) is 58.7. The highest BCUT2D eigenvalue weighted by atomic mass is 79.9. The van der Waals surface area contributed by atoms with E-state index in [4.69, 9.17) is 9.97 Å². The van der Waals surface area contributed by atoms with Crippen LogP contribution in [0.2, 0.25) is 0 Å². The highest BCUT2D eigenvalue weighted by molar-refractivity contribution is 9.10. The molecule has 0 aliphatic carbocycles. The Morgan fingerprint density at radius 1 is 0.327 bits per heavy atom. The molecule has 2 aliphatic heterocycles. The van der Waals surface area contributed by atoms with E-state index in [9.17, 15) is 0 Å². The topological polar surface area (TPSA) is 67.2 Å². The van der Waals surface area contributed by atoms with E-state index in [1.165, 1.54) is 77.0 Å². The molecular formula is C90H94Br2N6. The fourth-order valence-electron chi connectivity index (χ4n) is 14.7. The molecule has 7 heterocycles. The van der Waals surface area contributed by atoms with E-state index in [1.54, 1.807) is 0 Å². The molecule has 14 rings (SSSR count). The van der Waals surface area contributed by atoms with E-state index in [1.807, 2.05) is 0 Å². The number of nitrogens with one attached hydrogen (secondary N) is 2. The Morgan fingerprint density at radius 2 is 0.673 bits per heavy atom. The van der Waals surface area contributed by atoms with Gasteiger partial charge in [0, 0.05) is 116 Å². The second-order valence-corrected chi connectivity index (χ2v) is 35.7. The zero-order chi connectivity index (χ0) is 69.8. The summed E-state index contributed by atoms with van der Waals surface area (Å²) in [5.74, 6) is 0. The van der Waals surface area contributed by atoms with Crippen molar-refractivity contribution in [1.82, 2.24) is 29.1 Å². The molecule has 0 atom stereocenters. The van der Waals surface area contributed by atoms with Crippen molar-refractivity contribution in [1.29, 1.82) is 0 Å². The van der Waals surface area contributed by atoms with Crippen LogP contribution in [-0.4, -0.2) is 29.1 Å². The summed E-state index contributed by atoms with van der Waals surface area (Å²) in [6.45, 7) is 48.2. The molecule has 6 nitrogen and oxygen atoms in total. The van der Waals surface area contributed by atoms with E-state index >= 15 is 0 Å². The van der Waals surface area contributed by atoms with Crippen LogP contribution in [0.25, 0.3) is 134 Å². The summed E-state index contributed by atoms with van der Waals surface area (Å²) in [5.41, 5.74) is 29.7. The number of halogens is 2. The molecule has 0 radical (unpaired) electrons. The first-order valence-electron chi connectivity index (χ1n) is 35.2. The first-order valence-corrected chi connectivity index (χ1v) is 36.8. The zero-order valence-corrected chi connectivity index (χ0v) is 64.3. The minimum atomic E-state index is -0.155. The zero-order valence-electron chi connectivity index (χ0n) is 61.1. The molecule has 8 heteroatoms. The molecule has 0 fully saturated rings. The number of rotatable bonds is 7. The molecule has 0 saturated carbocycles. The Bertz CT molecular complexity index is 5450. The van der Waals surface area contributed by atoms with Crippen LogP contribution in [0.5, 0.6) is 0 Å².